The molecule has 0 radical (unpaired) electrons. The van der Waals surface area contributed by atoms with Crippen molar-refractivity contribution in [3.05, 3.63) is 0 Å². The highest BCUT2D eigenvalue weighted by atomic mass is 19.4. The van der Waals surface area contributed by atoms with E-state index in [1.165, 1.54) is 6.42 Å². The maximum Gasteiger partial charge on any atom is 0.411 e. The molecule has 1 aliphatic carbocycles. The molecule has 1 fully saturated rings. The van der Waals surface area contributed by atoms with Crippen LogP contribution in [-0.2, 0) is 4.74 Å². The van der Waals surface area contributed by atoms with E-state index >= 15 is 0 Å². The van der Waals surface area contributed by atoms with Crippen molar-refractivity contribution >= 4 is 0 Å². The van der Waals surface area contributed by atoms with Crippen LogP contribution in [0.4, 0.5) is 13.2 Å². The molecule has 0 spiro atoms. The van der Waals surface area contributed by atoms with Crippen molar-refractivity contribution in [2.45, 2.75) is 50.7 Å². The molecule has 0 aromatic heterocycles. The molecule has 0 aromatic rings. The molecule has 2 atom stereocenters. The van der Waals surface area contributed by atoms with Gasteiger partial charge < -0.3 is 10.5 Å². The number of hydrogen-bond donors (Lipinski definition) is 1. The Morgan fingerprint density at radius 2 is 1.81 bits per heavy atom. The van der Waals surface area contributed by atoms with Crippen LogP contribution in [0.25, 0.3) is 0 Å². The van der Waals surface area contributed by atoms with Gasteiger partial charge in [0.1, 0.15) is 6.61 Å². The number of hydrogen-bond acceptors (Lipinski definition) is 2. The summed E-state index contributed by atoms with van der Waals surface area (Å²) >= 11 is 0. The summed E-state index contributed by atoms with van der Waals surface area (Å²) in [5.74, 6) is 0.329. The molecule has 1 saturated carbocycles. The Hall–Kier alpha value is -0.290. The molecule has 0 aliphatic heterocycles. The highest BCUT2D eigenvalue weighted by Crippen LogP contribution is 2.25. The second kappa shape index (κ2) is 6.45. The lowest BCUT2D eigenvalue weighted by Crippen LogP contribution is -2.30. The summed E-state index contributed by atoms with van der Waals surface area (Å²) in [7, 11) is 0. The zero-order valence-corrected chi connectivity index (χ0v) is 9.43. The van der Waals surface area contributed by atoms with Crippen molar-refractivity contribution < 1.29 is 17.9 Å². The fraction of sp³-hybridized carbons (Fsp3) is 1.00. The molecule has 5 heteroatoms. The van der Waals surface area contributed by atoms with Crippen molar-refractivity contribution in [2.75, 3.05) is 13.2 Å². The molecule has 1 rings (SSSR count). The molecule has 2 N–H and O–H groups in total. The number of nitrogens with two attached hydrogens (primary N) is 1. The van der Waals surface area contributed by atoms with E-state index in [2.05, 4.69) is 4.74 Å². The van der Waals surface area contributed by atoms with E-state index in [-0.39, 0.29) is 12.6 Å². The third-order valence-corrected chi connectivity index (χ3v) is 3.12. The van der Waals surface area contributed by atoms with Crippen molar-refractivity contribution in [3.63, 3.8) is 0 Å². The van der Waals surface area contributed by atoms with Gasteiger partial charge in [-0.25, -0.2) is 0 Å². The SMILES string of the molecule is NC1CCCCCC1CCOCC(F)(F)F. The molecule has 0 aromatic carbocycles. The smallest absolute Gasteiger partial charge is 0.372 e. The monoisotopic (exact) mass is 239 g/mol. The van der Waals surface area contributed by atoms with Crippen LogP contribution in [0.5, 0.6) is 0 Å². The first-order valence-corrected chi connectivity index (χ1v) is 5.89. The Labute approximate surface area is 94.3 Å². The van der Waals surface area contributed by atoms with Crippen LogP contribution in [0.3, 0.4) is 0 Å². The summed E-state index contributed by atoms with van der Waals surface area (Å²) in [4.78, 5) is 0. The van der Waals surface area contributed by atoms with Crippen molar-refractivity contribution in [1.82, 2.24) is 0 Å². The van der Waals surface area contributed by atoms with Crippen LogP contribution in [0.1, 0.15) is 38.5 Å². The molecule has 2 unspecified atom stereocenters. The van der Waals surface area contributed by atoms with Crippen LogP contribution in [0.15, 0.2) is 0 Å². The van der Waals surface area contributed by atoms with Gasteiger partial charge in [0, 0.05) is 12.6 Å². The first-order valence-electron chi connectivity index (χ1n) is 5.89. The van der Waals surface area contributed by atoms with E-state index in [1.807, 2.05) is 0 Å². The maximum absolute atomic E-state index is 11.8. The summed E-state index contributed by atoms with van der Waals surface area (Å²) in [6.45, 7) is -0.979. The third-order valence-electron chi connectivity index (χ3n) is 3.12. The van der Waals surface area contributed by atoms with Crippen LogP contribution in [0.2, 0.25) is 0 Å². The first-order chi connectivity index (χ1) is 7.49. The average Bonchev–Trinajstić information content (AvgIpc) is 2.37. The lowest BCUT2D eigenvalue weighted by atomic mass is 9.93. The third kappa shape index (κ3) is 5.70. The number of alkyl halides is 3. The van der Waals surface area contributed by atoms with Gasteiger partial charge in [0.2, 0.25) is 0 Å². The predicted molar refractivity (Wildman–Crippen MR) is 56.0 cm³/mol. The fourth-order valence-electron chi connectivity index (χ4n) is 2.19. The second-order valence-corrected chi connectivity index (χ2v) is 4.52. The van der Waals surface area contributed by atoms with E-state index in [0.717, 1.165) is 25.7 Å². The summed E-state index contributed by atoms with van der Waals surface area (Å²) in [5.41, 5.74) is 5.97. The van der Waals surface area contributed by atoms with Gasteiger partial charge >= 0.3 is 6.18 Å². The highest BCUT2D eigenvalue weighted by molar-refractivity contribution is 4.76. The Bertz CT molecular complexity index is 196. The molecule has 16 heavy (non-hydrogen) atoms. The molecule has 1 aliphatic rings. The minimum Gasteiger partial charge on any atom is -0.372 e. The standard InChI is InChI=1S/C11H20F3NO/c12-11(13,14)8-16-7-6-9-4-2-1-3-5-10(9)15/h9-10H,1-8,15H2. The van der Waals surface area contributed by atoms with Gasteiger partial charge in [-0.05, 0) is 25.2 Å². The van der Waals surface area contributed by atoms with Gasteiger partial charge in [-0.15, -0.1) is 0 Å². The minimum atomic E-state index is -4.22. The predicted octanol–water partition coefficient (Wildman–Crippen LogP) is 2.86. The first kappa shape index (κ1) is 13.8. The summed E-state index contributed by atoms with van der Waals surface area (Å²) < 4.78 is 40.0. The molecule has 0 heterocycles. The van der Waals surface area contributed by atoms with Crippen LogP contribution < -0.4 is 5.73 Å². The maximum atomic E-state index is 11.8. The molecule has 0 amide bonds. The number of halogens is 3. The van der Waals surface area contributed by atoms with Crippen LogP contribution >= 0.6 is 0 Å². The molecule has 96 valence electrons. The number of rotatable bonds is 4. The lowest BCUT2D eigenvalue weighted by Gasteiger charge is -2.21. The molecule has 0 bridgehead atoms. The van der Waals surface area contributed by atoms with Gasteiger partial charge in [0.15, 0.2) is 0 Å². The van der Waals surface area contributed by atoms with Crippen molar-refractivity contribution in [3.8, 4) is 0 Å². The molecule has 0 saturated heterocycles. The Balaban J connectivity index is 2.15. The lowest BCUT2D eigenvalue weighted by molar-refractivity contribution is -0.174. The number of ether oxygens (including phenoxy) is 1. The average molecular weight is 239 g/mol. The zero-order valence-electron chi connectivity index (χ0n) is 9.43. The molecular formula is C11H20F3NO. The highest BCUT2D eigenvalue weighted by Gasteiger charge is 2.27. The van der Waals surface area contributed by atoms with Crippen LogP contribution in [-0.4, -0.2) is 25.4 Å². The van der Waals surface area contributed by atoms with Crippen molar-refractivity contribution in [2.24, 2.45) is 11.7 Å². The molecule has 2 nitrogen and oxygen atoms in total. The van der Waals surface area contributed by atoms with E-state index < -0.39 is 12.8 Å². The summed E-state index contributed by atoms with van der Waals surface area (Å²) in [6.07, 6.45) is 1.91. The fourth-order valence-corrected chi connectivity index (χ4v) is 2.19. The van der Waals surface area contributed by atoms with E-state index in [4.69, 9.17) is 5.73 Å². The Morgan fingerprint density at radius 1 is 1.12 bits per heavy atom. The van der Waals surface area contributed by atoms with Crippen LogP contribution in [0, 0.1) is 5.92 Å². The second-order valence-electron chi connectivity index (χ2n) is 4.52. The Morgan fingerprint density at radius 3 is 2.50 bits per heavy atom. The van der Waals surface area contributed by atoms with Gasteiger partial charge in [-0.2, -0.15) is 13.2 Å². The quantitative estimate of drug-likeness (QED) is 0.604. The molecular weight excluding hydrogens is 219 g/mol. The van der Waals surface area contributed by atoms with Gasteiger partial charge in [-0.3, -0.25) is 0 Å². The van der Waals surface area contributed by atoms with E-state index in [0.29, 0.717) is 12.3 Å². The van der Waals surface area contributed by atoms with E-state index in [9.17, 15) is 13.2 Å². The normalized spacial score (nSPS) is 27.8. The summed E-state index contributed by atoms with van der Waals surface area (Å²) in [6, 6.07) is 0.136. The zero-order chi connectivity index (χ0) is 12.0. The Kier molecular flexibility index (Phi) is 5.55. The summed E-state index contributed by atoms with van der Waals surface area (Å²) in [5, 5.41) is 0. The minimum absolute atomic E-state index is 0.136. The topological polar surface area (TPSA) is 35.2 Å². The van der Waals surface area contributed by atoms with Gasteiger partial charge in [-0.1, -0.05) is 19.3 Å². The largest absolute Gasteiger partial charge is 0.411 e. The van der Waals surface area contributed by atoms with E-state index in [1.54, 1.807) is 0 Å². The van der Waals surface area contributed by atoms with Gasteiger partial charge in [0.05, 0.1) is 0 Å². The van der Waals surface area contributed by atoms with Crippen molar-refractivity contribution in [1.29, 1.82) is 0 Å². The van der Waals surface area contributed by atoms with Gasteiger partial charge in [0.25, 0.3) is 0 Å².